The SMILES string of the molecule is O=C(Cl)Oc1cccc(O)c1OC(=O)Cl. The third-order valence-corrected chi connectivity index (χ3v) is 1.48. The summed E-state index contributed by atoms with van der Waals surface area (Å²) >= 11 is 9.90. The highest BCUT2D eigenvalue weighted by molar-refractivity contribution is 6.62. The Hall–Kier alpha value is -1.46. The highest BCUT2D eigenvalue weighted by atomic mass is 35.5. The molecule has 0 saturated heterocycles. The number of hydrogen-bond donors (Lipinski definition) is 1. The van der Waals surface area contributed by atoms with Crippen molar-refractivity contribution < 1.29 is 24.2 Å². The topological polar surface area (TPSA) is 72.8 Å². The summed E-state index contributed by atoms with van der Waals surface area (Å²) in [5, 5.41) is 9.28. The quantitative estimate of drug-likeness (QED) is 0.818. The van der Waals surface area contributed by atoms with E-state index < -0.39 is 16.6 Å². The molecule has 0 aliphatic heterocycles. The van der Waals surface area contributed by atoms with Crippen molar-refractivity contribution in [2.24, 2.45) is 0 Å². The lowest BCUT2D eigenvalue weighted by atomic mass is 10.3. The Morgan fingerprint density at radius 3 is 2.27 bits per heavy atom. The second-order valence-electron chi connectivity index (χ2n) is 2.28. The highest BCUT2D eigenvalue weighted by Crippen LogP contribution is 2.36. The highest BCUT2D eigenvalue weighted by Gasteiger charge is 2.15. The molecule has 5 nitrogen and oxygen atoms in total. The molecule has 0 bridgehead atoms. The maximum absolute atomic E-state index is 10.5. The van der Waals surface area contributed by atoms with Crippen LogP contribution in [0.5, 0.6) is 17.2 Å². The number of rotatable bonds is 2. The van der Waals surface area contributed by atoms with E-state index in [2.05, 4.69) is 9.47 Å². The van der Waals surface area contributed by atoms with Crippen LogP contribution in [0.3, 0.4) is 0 Å². The summed E-state index contributed by atoms with van der Waals surface area (Å²) in [6, 6.07) is 3.87. The zero-order valence-electron chi connectivity index (χ0n) is 7.07. The fraction of sp³-hybridized carbons (Fsp3) is 0. The van der Waals surface area contributed by atoms with Crippen LogP contribution in [-0.2, 0) is 0 Å². The van der Waals surface area contributed by atoms with Gasteiger partial charge in [-0.15, -0.1) is 0 Å². The smallest absolute Gasteiger partial charge is 0.409 e. The minimum Gasteiger partial charge on any atom is -0.504 e. The monoisotopic (exact) mass is 250 g/mol. The Kier molecular flexibility index (Phi) is 3.76. The van der Waals surface area contributed by atoms with Crippen molar-refractivity contribution in [2.45, 2.75) is 0 Å². The van der Waals surface area contributed by atoms with Gasteiger partial charge in [0, 0.05) is 23.2 Å². The first-order chi connectivity index (χ1) is 7.00. The van der Waals surface area contributed by atoms with E-state index in [0.717, 1.165) is 0 Å². The largest absolute Gasteiger partial charge is 0.504 e. The molecule has 0 amide bonds. The summed E-state index contributed by atoms with van der Waals surface area (Å²) in [7, 11) is 0. The first-order valence-electron chi connectivity index (χ1n) is 3.57. The third kappa shape index (κ3) is 3.30. The number of benzene rings is 1. The summed E-state index contributed by atoms with van der Waals surface area (Å²) < 4.78 is 8.88. The standard InChI is InChI=1S/C8H4Cl2O5/c9-7(12)14-5-3-1-2-4(11)6(5)15-8(10)13/h1-3,11H. The summed E-state index contributed by atoms with van der Waals surface area (Å²) in [5.74, 6) is -0.977. The first kappa shape index (κ1) is 11.6. The van der Waals surface area contributed by atoms with Gasteiger partial charge in [0.2, 0.25) is 5.75 Å². The molecule has 15 heavy (non-hydrogen) atoms. The van der Waals surface area contributed by atoms with Crippen LogP contribution in [0.4, 0.5) is 9.59 Å². The molecular formula is C8H4Cl2O5. The Bertz CT molecular complexity index is 404. The molecule has 0 saturated carbocycles. The Balaban J connectivity index is 3.08. The van der Waals surface area contributed by atoms with Gasteiger partial charge in [0.05, 0.1) is 0 Å². The van der Waals surface area contributed by atoms with Gasteiger partial charge < -0.3 is 14.6 Å². The molecule has 0 heterocycles. The van der Waals surface area contributed by atoms with Crippen molar-refractivity contribution in [1.29, 1.82) is 0 Å². The minimum atomic E-state index is -1.18. The number of hydrogen-bond acceptors (Lipinski definition) is 5. The summed E-state index contributed by atoms with van der Waals surface area (Å²) in [4.78, 5) is 20.9. The van der Waals surface area contributed by atoms with E-state index in [0.29, 0.717) is 0 Å². The van der Waals surface area contributed by atoms with Gasteiger partial charge in [-0.25, -0.2) is 9.59 Å². The predicted octanol–water partition coefficient (Wildman–Crippen LogP) is 2.87. The summed E-state index contributed by atoms with van der Waals surface area (Å²) in [6.45, 7) is 0. The van der Waals surface area contributed by atoms with E-state index >= 15 is 0 Å². The number of carbonyl (C=O) groups is 2. The number of aromatic hydroxyl groups is 1. The minimum absolute atomic E-state index is 0.205. The van der Waals surface area contributed by atoms with Crippen LogP contribution in [-0.4, -0.2) is 16.0 Å². The molecule has 0 fully saturated rings. The van der Waals surface area contributed by atoms with E-state index in [1.54, 1.807) is 0 Å². The van der Waals surface area contributed by atoms with Gasteiger partial charge in [-0.3, -0.25) is 0 Å². The van der Waals surface area contributed by atoms with Crippen molar-refractivity contribution in [1.82, 2.24) is 0 Å². The van der Waals surface area contributed by atoms with E-state index in [1.807, 2.05) is 0 Å². The molecule has 7 heteroatoms. The summed E-state index contributed by atoms with van der Waals surface area (Å²) in [6.07, 6.45) is 0. The molecule has 1 aromatic carbocycles. The maximum atomic E-state index is 10.5. The number of phenolic OH excluding ortho intramolecular Hbond substituents is 1. The second-order valence-corrected chi connectivity index (χ2v) is 2.90. The molecular weight excluding hydrogens is 247 g/mol. The van der Waals surface area contributed by atoms with Gasteiger partial charge in [0.25, 0.3) is 0 Å². The lowest BCUT2D eigenvalue weighted by Crippen LogP contribution is -2.02. The normalized spacial score (nSPS) is 9.47. The number of phenols is 1. The van der Waals surface area contributed by atoms with Crippen LogP contribution in [0.25, 0.3) is 0 Å². The van der Waals surface area contributed by atoms with Gasteiger partial charge >= 0.3 is 10.9 Å². The fourth-order valence-electron chi connectivity index (χ4n) is 0.854. The zero-order valence-corrected chi connectivity index (χ0v) is 8.58. The molecule has 0 radical (unpaired) electrons. The van der Waals surface area contributed by atoms with E-state index in [4.69, 9.17) is 23.2 Å². The Labute approximate surface area is 94.1 Å². The lowest BCUT2D eigenvalue weighted by Gasteiger charge is -2.07. The zero-order chi connectivity index (χ0) is 11.4. The molecule has 0 aliphatic rings. The van der Waals surface area contributed by atoms with Crippen LogP contribution in [0, 0.1) is 0 Å². The number of ether oxygens (including phenoxy) is 2. The van der Waals surface area contributed by atoms with Crippen molar-refractivity contribution in [3.63, 3.8) is 0 Å². The van der Waals surface area contributed by atoms with Crippen LogP contribution < -0.4 is 9.47 Å². The molecule has 0 aliphatic carbocycles. The van der Waals surface area contributed by atoms with Gasteiger partial charge in [-0.05, 0) is 12.1 Å². The van der Waals surface area contributed by atoms with Crippen molar-refractivity contribution in [3.05, 3.63) is 18.2 Å². The second kappa shape index (κ2) is 4.86. The van der Waals surface area contributed by atoms with Gasteiger partial charge in [-0.2, -0.15) is 0 Å². The molecule has 0 spiro atoms. The van der Waals surface area contributed by atoms with Crippen LogP contribution in [0.2, 0.25) is 0 Å². The number of halogens is 2. The van der Waals surface area contributed by atoms with E-state index in [9.17, 15) is 14.7 Å². The van der Waals surface area contributed by atoms with E-state index in [1.165, 1.54) is 18.2 Å². The fourth-order valence-corrected chi connectivity index (χ4v) is 1.01. The van der Waals surface area contributed by atoms with Crippen molar-refractivity contribution >= 4 is 34.1 Å². The van der Waals surface area contributed by atoms with Gasteiger partial charge in [0.1, 0.15) is 0 Å². The molecule has 0 atom stereocenters. The van der Waals surface area contributed by atoms with Crippen molar-refractivity contribution in [2.75, 3.05) is 0 Å². The molecule has 1 aromatic rings. The van der Waals surface area contributed by atoms with Crippen molar-refractivity contribution in [3.8, 4) is 17.2 Å². The molecule has 0 aromatic heterocycles. The van der Waals surface area contributed by atoms with Gasteiger partial charge in [0.15, 0.2) is 11.5 Å². The predicted molar refractivity (Wildman–Crippen MR) is 51.9 cm³/mol. The Morgan fingerprint density at radius 1 is 1.13 bits per heavy atom. The maximum Gasteiger partial charge on any atom is 0.409 e. The van der Waals surface area contributed by atoms with Gasteiger partial charge in [-0.1, -0.05) is 6.07 Å². The average molecular weight is 251 g/mol. The Morgan fingerprint density at radius 2 is 1.73 bits per heavy atom. The van der Waals surface area contributed by atoms with Crippen LogP contribution >= 0.6 is 23.2 Å². The number of para-hydroxylation sites is 1. The average Bonchev–Trinajstić information content (AvgIpc) is 2.09. The molecule has 80 valence electrons. The van der Waals surface area contributed by atoms with E-state index in [-0.39, 0.29) is 11.5 Å². The number of carbonyl (C=O) groups excluding carboxylic acids is 2. The van der Waals surface area contributed by atoms with Crippen LogP contribution in [0.15, 0.2) is 18.2 Å². The third-order valence-electron chi connectivity index (χ3n) is 1.33. The molecule has 0 unspecified atom stereocenters. The lowest BCUT2D eigenvalue weighted by molar-refractivity contribution is 0.214. The van der Waals surface area contributed by atoms with Crippen LogP contribution in [0.1, 0.15) is 0 Å². The molecule has 1 rings (SSSR count). The first-order valence-corrected chi connectivity index (χ1v) is 4.33. The molecule has 1 N–H and O–H groups in total. The summed E-state index contributed by atoms with van der Waals surface area (Å²) in [5.41, 5.74) is -2.31.